The zero-order chi connectivity index (χ0) is 6.57. The number of carbonyl (C=O) groups is 1. The van der Waals surface area contributed by atoms with Crippen LogP contribution in [-0.2, 0) is 4.79 Å². The van der Waals surface area contributed by atoms with Crippen molar-refractivity contribution in [1.29, 1.82) is 5.41 Å². The quantitative estimate of drug-likeness (QED) is 0.321. The lowest BCUT2D eigenvalue weighted by Gasteiger charge is -1.84. The highest BCUT2D eigenvalue weighted by Crippen LogP contribution is 1.92. The van der Waals surface area contributed by atoms with Gasteiger partial charge < -0.3 is 11.1 Å². The van der Waals surface area contributed by atoms with Gasteiger partial charge in [-0.15, -0.1) is 0 Å². The minimum absolute atomic E-state index is 0.00617. The topological polar surface area (TPSA) is 66.9 Å². The lowest BCUT2D eigenvalue weighted by atomic mass is 10.3. The van der Waals surface area contributed by atoms with Gasteiger partial charge in [0.2, 0.25) is 0 Å². The van der Waals surface area contributed by atoms with Gasteiger partial charge in [-0.25, -0.2) is 0 Å². The molecule has 0 atom stereocenters. The number of halogens is 1. The summed E-state index contributed by atoms with van der Waals surface area (Å²) in [5, 5.41) is 5.81. The summed E-state index contributed by atoms with van der Waals surface area (Å²) in [6.07, 6.45) is 1.79. The Morgan fingerprint density at radius 2 is 2.25 bits per heavy atom. The predicted octanol–water partition coefficient (Wildman–Crippen LogP) is 0.244. The molecule has 0 heterocycles. The van der Waals surface area contributed by atoms with Crippen LogP contribution in [0, 0.1) is 5.41 Å². The number of nitrogens with two attached hydrogens (primary N) is 1. The van der Waals surface area contributed by atoms with Gasteiger partial charge in [0.05, 0.1) is 5.57 Å². The molecule has 0 unspecified atom stereocenters. The van der Waals surface area contributed by atoms with Crippen LogP contribution >= 0.6 is 11.6 Å². The van der Waals surface area contributed by atoms with Crippen molar-refractivity contribution in [3.8, 4) is 0 Å². The Bertz CT molecular complexity index is 141. The molecule has 0 spiro atoms. The largest absolute Gasteiger partial charge is 0.404 e. The fraction of sp³-hybridized carbons (Fsp3) is 0. The minimum atomic E-state index is -0.706. The average Bonchev–Trinajstić information content (AvgIpc) is 1.69. The normalized spacial score (nSPS) is 10.9. The molecule has 44 valence electrons. The fourth-order valence-electron chi connectivity index (χ4n) is 0.170. The molecular formula is C4H5ClN2O. The van der Waals surface area contributed by atoms with Crippen molar-refractivity contribution in [2.24, 2.45) is 5.73 Å². The van der Waals surface area contributed by atoms with Gasteiger partial charge in [0, 0.05) is 12.4 Å². The molecule has 8 heavy (non-hydrogen) atoms. The molecule has 3 nitrogen and oxygen atoms in total. The van der Waals surface area contributed by atoms with Crippen molar-refractivity contribution < 1.29 is 4.79 Å². The first-order valence-electron chi connectivity index (χ1n) is 1.84. The summed E-state index contributed by atoms with van der Waals surface area (Å²) in [5.74, 6) is 0. The maximum absolute atomic E-state index is 10.1. The van der Waals surface area contributed by atoms with Gasteiger partial charge in [0.1, 0.15) is 0 Å². The molecule has 0 radical (unpaired) electrons. The molecule has 4 heteroatoms. The molecule has 0 saturated carbocycles. The van der Waals surface area contributed by atoms with Gasteiger partial charge in [-0.05, 0) is 11.6 Å². The second-order valence-electron chi connectivity index (χ2n) is 1.04. The Labute approximate surface area is 51.6 Å². The molecule has 0 aromatic rings. The number of carbonyl (C=O) groups excluding carboxylic acids is 1. The molecule has 0 aromatic carbocycles. The van der Waals surface area contributed by atoms with Crippen LogP contribution in [0.1, 0.15) is 0 Å². The predicted molar refractivity (Wildman–Crippen MR) is 31.9 cm³/mol. The van der Waals surface area contributed by atoms with E-state index in [9.17, 15) is 4.79 Å². The Hall–Kier alpha value is -0.830. The van der Waals surface area contributed by atoms with Gasteiger partial charge in [-0.3, -0.25) is 4.79 Å². The molecule has 3 N–H and O–H groups in total. The Kier molecular flexibility index (Phi) is 2.88. The van der Waals surface area contributed by atoms with Crippen LogP contribution in [-0.4, -0.2) is 11.5 Å². The molecule has 0 bridgehead atoms. The van der Waals surface area contributed by atoms with E-state index in [1.54, 1.807) is 0 Å². The summed E-state index contributed by atoms with van der Waals surface area (Å²) >= 11 is 4.91. The molecule has 0 aromatic heterocycles. The van der Waals surface area contributed by atoms with E-state index in [-0.39, 0.29) is 5.57 Å². The first-order valence-corrected chi connectivity index (χ1v) is 2.22. The van der Waals surface area contributed by atoms with Crippen molar-refractivity contribution in [2.45, 2.75) is 0 Å². The SMILES string of the molecule is N=C/C(=C\N)C(=O)Cl. The lowest BCUT2D eigenvalue weighted by molar-refractivity contribution is -0.108. The molecule has 0 amide bonds. The first kappa shape index (κ1) is 7.17. The molecule has 0 saturated heterocycles. The average molecular weight is 133 g/mol. The second-order valence-corrected chi connectivity index (χ2v) is 1.38. The maximum atomic E-state index is 10.1. The molecular weight excluding hydrogens is 128 g/mol. The second kappa shape index (κ2) is 3.21. The van der Waals surface area contributed by atoms with E-state index in [2.05, 4.69) is 0 Å². The van der Waals surface area contributed by atoms with Crippen LogP contribution in [0.2, 0.25) is 0 Å². The van der Waals surface area contributed by atoms with E-state index in [1.165, 1.54) is 0 Å². The standard InChI is InChI=1S/C4H5ClN2O/c5-4(8)3(1-6)2-7/h1-2,6H,7H2/b3-2+,6-1?. The van der Waals surface area contributed by atoms with Crippen molar-refractivity contribution >= 4 is 23.1 Å². The summed E-state index contributed by atoms with van der Waals surface area (Å²) in [5.41, 5.74) is 4.87. The van der Waals surface area contributed by atoms with E-state index in [4.69, 9.17) is 22.7 Å². The zero-order valence-corrected chi connectivity index (χ0v) is 4.77. The van der Waals surface area contributed by atoms with E-state index in [0.29, 0.717) is 0 Å². The van der Waals surface area contributed by atoms with Gasteiger partial charge in [0.15, 0.2) is 0 Å². The maximum Gasteiger partial charge on any atom is 0.255 e. The van der Waals surface area contributed by atoms with Crippen molar-refractivity contribution in [3.63, 3.8) is 0 Å². The summed E-state index contributed by atoms with van der Waals surface area (Å²) in [6, 6.07) is 0. The van der Waals surface area contributed by atoms with Crippen molar-refractivity contribution in [3.05, 3.63) is 11.8 Å². The number of hydrogen-bond donors (Lipinski definition) is 2. The summed E-state index contributed by atoms with van der Waals surface area (Å²) < 4.78 is 0. The summed E-state index contributed by atoms with van der Waals surface area (Å²) in [7, 11) is 0. The van der Waals surface area contributed by atoms with E-state index < -0.39 is 5.24 Å². The molecule has 0 aliphatic rings. The number of rotatable bonds is 2. The zero-order valence-electron chi connectivity index (χ0n) is 4.02. The Balaban J connectivity index is 4.13. The number of allylic oxidation sites excluding steroid dienone is 1. The summed E-state index contributed by atoms with van der Waals surface area (Å²) in [4.78, 5) is 10.1. The van der Waals surface area contributed by atoms with Gasteiger partial charge >= 0.3 is 0 Å². The molecule has 0 aliphatic heterocycles. The third-order valence-corrected chi connectivity index (χ3v) is 0.780. The molecule has 0 fully saturated rings. The highest BCUT2D eigenvalue weighted by Gasteiger charge is 1.98. The lowest BCUT2D eigenvalue weighted by Crippen LogP contribution is -1.97. The van der Waals surface area contributed by atoms with Crippen molar-refractivity contribution in [2.75, 3.05) is 0 Å². The minimum Gasteiger partial charge on any atom is -0.404 e. The van der Waals surface area contributed by atoms with Gasteiger partial charge in [0.25, 0.3) is 5.24 Å². The fourth-order valence-corrected chi connectivity index (χ4v) is 0.288. The van der Waals surface area contributed by atoms with Gasteiger partial charge in [-0.2, -0.15) is 0 Å². The number of nitrogens with one attached hydrogen (secondary N) is 1. The van der Waals surface area contributed by atoms with Crippen molar-refractivity contribution in [1.82, 2.24) is 0 Å². The molecule has 0 aliphatic carbocycles. The Morgan fingerprint density at radius 1 is 1.75 bits per heavy atom. The van der Waals surface area contributed by atoms with Crippen LogP contribution in [0.4, 0.5) is 0 Å². The highest BCUT2D eigenvalue weighted by atomic mass is 35.5. The number of hydrogen-bond acceptors (Lipinski definition) is 3. The van der Waals surface area contributed by atoms with E-state index >= 15 is 0 Å². The highest BCUT2D eigenvalue weighted by molar-refractivity contribution is 6.69. The van der Waals surface area contributed by atoms with Crippen LogP contribution in [0.3, 0.4) is 0 Å². The molecule has 0 rings (SSSR count). The van der Waals surface area contributed by atoms with Crippen LogP contribution in [0.25, 0.3) is 0 Å². The van der Waals surface area contributed by atoms with Crippen LogP contribution in [0.15, 0.2) is 11.8 Å². The smallest absolute Gasteiger partial charge is 0.255 e. The third kappa shape index (κ3) is 1.75. The van der Waals surface area contributed by atoms with E-state index in [1.807, 2.05) is 0 Å². The van der Waals surface area contributed by atoms with Crippen LogP contribution < -0.4 is 5.73 Å². The Morgan fingerprint density at radius 3 is 2.25 bits per heavy atom. The monoisotopic (exact) mass is 132 g/mol. The van der Waals surface area contributed by atoms with Gasteiger partial charge in [-0.1, -0.05) is 0 Å². The van der Waals surface area contributed by atoms with E-state index in [0.717, 1.165) is 12.4 Å². The third-order valence-electron chi connectivity index (χ3n) is 0.562. The summed E-state index contributed by atoms with van der Waals surface area (Å²) in [6.45, 7) is 0. The van der Waals surface area contributed by atoms with Crippen LogP contribution in [0.5, 0.6) is 0 Å². The first-order chi connectivity index (χ1) is 3.72.